The maximum absolute atomic E-state index is 10.3. The third kappa shape index (κ3) is 146. The predicted molar refractivity (Wildman–Crippen MR) is 495 cm³/mol. The number of aliphatic carboxylic acids is 6. The zero-order valence-corrected chi connectivity index (χ0v) is 77.3. The number of rotatable bonds is 88. The van der Waals surface area contributed by atoms with E-state index in [-0.39, 0.29) is 0 Å². The van der Waals surface area contributed by atoms with Crippen LogP contribution in [-0.2, 0) is 28.8 Å². The molecule has 0 atom stereocenters. The molecule has 0 bridgehead atoms. The molecule has 0 amide bonds. The smallest absolute Gasteiger partial charge is 0.303 e. The van der Waals surface area contributed by atoms with Crippen LogP contribution in [0, 0.1) is 0 Å². The number of unbranched alkanes of at least 4 members (excludes halogenated alkanes) is 72. The third-order valence-corrected chi connectivity index (χ3v) is 21.8. The third-order valence-electron chi connectivity index (χ3n) is 21.8. The number of carboxylic acid groups (broad SMARTS) is 6. The van der Waals surface area contributed by atoms with Gasteiger partial charge in [0.2, 0.25) is 0 Å². The van der Waals surface area contributed by atoms with Crippen LogP contribution in [0.15, 0.2) is 24.3 Å². The maximum Gasteiger partial charge on any atom is 0.303 e. The van der Waals surface area contributed by atoms with Gasteiger partial charge in [0.05, 0.1) is 0 Å². The van der Waals surface area contributed by atoms with Crippen molar-refractivity contribution in [1.29, 1.82) is 0 Å². The number of hydrogen-bond acceptors (Lipinski definition) is 6. The zero-order chi connectivity index (χ0) is 85.1. The van der Waals surface area contributed by atoms with E-state index in [4.69, 9.17) is 30.6 Å². The van der Waals surface area contributed by atoms with Gasteiger partial charge in [0.1, 0.15) is 0 Å². The summed E-state index contributed by atoms with van der Waals surface area (Å²) >= 11 is 0. The molecule has 0 aliphatic heterocycles. The Kier molecular flexibility index (Phi) is 125. The van der Waals surface area contributed by atoms with Crippen molar-refractivity contribution in [3.8, 4) is 0 Å². The summed E-state index contributed by atoms with van der Waals surface area (Å²) in [6.07, 6.45) is 114. The minimum atomic E-state index is -0.664. The van der Waals surface area contributed by atoms with Crippen molar-refractivity contribution in [2.24, 2.45) is 0 Å². The van der Waals surface area contributed by atoms with E-state index in [0.29, 0.717) is 38.5 Å². The second-order valence-corrected chi connectivity index (χ2v) is 33.7. The first kappa shape index (κ1) is 121. The molecule has 680 valence electrons. The van der Waals surface area contributed by atoms with Crippen molar-refractivity contribution in [2.45, 2.75) is 594 Å². The standard InChI is InChI=1S/C18H36O2.2C18H34O2.3C16H32O2/c3*1-2-3-4-5-6-7-8-9-10-11-12-13-14-15-16-17-18(19)20;3*1-2-3-4-5-6-7-8-9-10-11-12-13-14-15-16(17)18/h2-17H2,1H3,(H,19,20);2*9-10H,2-8,11-17H2,1H3,(H,19,20);3*2-15H2,1H3,(H,17,18)/b;2*10-9-;;;. The van der Waals surface area contributed by atoms with Crippen molar-refractivity contribution in [1.82, 2.24) is 0 Å². The fourth-order valence-corrected chi connectivity index (χ4v) is 14.2. The molecule has 0 saturated heterocycles. The van der Waals surface area contributed by atoms with Gasteiger partial charge < -0.3 is 30.6 Å². The Morgan fingerprint density at radius 1 is 0.132 bits per heavy atom. The van der Waals surface area contributed by atoms with Gasteiger partial charge in [-0.05, 0) is 89.9 Å². The van der Waals surface area contributed by atoms with E-state index in [9.17, 15) is 28.8 Å². The maximum atomic E-state index is 10.3. The summed E-state index contributed by atoms with van der Waals surface area (Å²) in [6.45, 7) is 13.6. The van der Waals surface area contributed by atoms with Crippen molar-refractivity contribution in [3.63, 3.8) is 0 Å². The lowest BCUT2D eigenvalue weighted by atomic mass is 10.0. The van der Waals surface area contributed by atoms with Crippen molar-refractivity contribution in [2.75, 3.05) is 0 Å². The van der Waals surface area contributed by atoms with Crippen LogP contribution < -0.4 is 0 Å². The first-order chi connectivity index (χ1) is 55.6. The molecule has 0 unspecified atom stereocenters. The van der Waals surface area contributed by atoms with Crippen LogP contribution in [0.25, 0.3) is 0 Å². The van der Waals surface area contributed by atoms with E-state index in [1.165, 1.54) is 437 Å². The molecule has 0 aromatic carbocycles. The summed E-state index contributed by atoms with van der Waals surface area (Å²) in [5.41, 5.74) is 0. The fourth-order valence-electron chi connectivity index (χ4n) is 14.2. The molecule has 114 heavy (non-hydrogen) atoms. The first-order valence-corrected chi connectivity index (χ1v) is 50.2. The van der Waals surface area contributed by atoms with Gasteiger partial charge in [-0.25, -0.2) is 0 Å². The molecule has 0 heterocycles. The van der Waals surface area contributed by atoms with E-state index in [0.717, 1.165) is 77.0 Å². The molecule has 12 nitrogen and oxygen atoms in total. The predicted octanol–water partition coefficient (Wildman–Crippen LogP) is 35.2. The monoisotopic (exact) mass is 1620 g/mol. The van der Waals surface area contributed by atoms with Gasteiger partial charge in [-0.1, -0.05) is 490 Å². The Hall–Kier alpha value is -3.70. The minimum Gasteiger partial charge on any atom is -0.481 e. The van der Waals surface area contributed by atoms with Crippen molar-refractivity contribution < 1.29 is 59.4 Å². The molecule has 0 aromatic rings. The van der Waals surface area contributed by atoms with Gasteiger partial charge in [0.25, 0.3) is 0 Å². The van der Waals surface area contributed by atoms with E-state index in [1.807, 2.05) is 0 Å². The lowest BCUT2D eigenvalue weighted by molar-refractivity contribution is -0.138. The summed E-state index contributed by atoms with van der Waals surface area (Å²) in [4.78, 5) is 61.9. The second-order valence-electron chi connectivity index (χ2n) is 33.7. The van der Waals surface area contributed by atoms with Gasteiger partial charge in [0, 0.05) is 38.5 Å². The van der Waals surface area contributed by atoms with Crippen LogP contribution >= 0.6 is 0 Å². The molecule has 0 spiro atoms. The Morgan fingerprint density at radius 2 is 0.211 bits per heavy atom. The quantitative estimate of drug-likeness (QED) is 0.0247. The van der Waals surface area contributed by atoms with Gasteiger partial charge in [-0.15, -0.1) is 0 Å². The minimum absolute atomic E-state index is 0.332. The number of allylic oxidation sites excluding steroid dienone is 4. The van der Waals surface area contributed by atoms with Crippen LogP contribution in [0.4, 0.5) is 0 Å². The summed E-state index contributed by atoms with van der Waals surface area (Å²) in [6, 6.07) is 0. The highest BCUT2D eigenvalue weighted by atomic mass is 16.4. The van der Waals surface area contributed by atoms with Crippen LogP contribution in [0.1, 0.15) is 594 Å². The second kappa shape index (κ2) is 118. The van der Waals surface area contributed by atoms with Crippen LogP contribution in [0.2, 0.25) is 0 Å². The Bertz CT molecular complexity index is 1740. The lowest BCUT2D eigenvalue weighted by Crippen LogP contribution is -1.93. The highest BCUT2D eigenvalue weighted by Gasteiger charge is 2.04. The fraction of sp³-hybridized carbons (Fsp3) is 0.902. The first-order valence-electron chi connectivity index (χ1n) is 50.2. The van der Waals surface area contributed by atoms with E-state index in [2.05, 4.69) is 65.8 Å². The molecular weight excluding hydrogens is 1420 g/mol. The zero-order valence-electron chi connectivity index (χ0n) is 77.3. The Balaban J connectivity index is -0.000000307. The highest BCUT2D eigenvalue weighted by Crippen LogP contribution is 2.20. The van der Waals surface area contributed by atoms with Crippen LogP contribution in [0.5, 0.6) is 0 Å². The van der Waals surface area contributed by atoms with Gasteiger partial charge in [-0.2, -0.15) is 0 Å². The normalized spacial score (nSPS) is 10.9. The molecule has 0 fully saturated rings. The summed E-state index contributed by atoms with van der Waals surface area (Å²) in [5, 5.41) is 51.0. The molecule has 0 aliphatic rings. The van der Waals surface area contributed by atoms with E-state index >= 15 is 0 Å². The van der Waals surface area contributed by atoms with E-state index in [1.54, 1.807) is 0 Å². The molecule has 0 saturated carbocycles. The number of carbonyl (C=O) groups is 6. The summed E-state index contributed by atoms with van der Waals surface area (Å²) < 4.78 is 0. The van der Waals surface area contributed by atoms with Gasteiger partial charge >= 0.3 is 35.8 Å². The Labute approximate surface area is 709 Å². The number of carboxylic acids is 6. The van der Waals surface area contributed by atoms with Crippen LogP contribution in [-0.4, -0.2) is 66.5 Å². The van der Waals surface area contributed by atoms with Crippen molar-refractivity contribution >= 4 is 35.8 Å². The van der Waals surface area contributed by atoms with Crippen molar-refractivity contribution in [3.05, 3.63) is 24.3 Å². The summed E-state index contributed by atoms with van der Waals surface area (Å²) in [5.74, 6) is -3.95. The molecular formula is C102H200O12. The molecule has 0 aliphatic carbocycles. The summed E-state index contributed by atoms with van der Waals surface area (Å²) in [7, 11) is 0. The molecule has 0 rings (SSSR count). The largest absolute Gasteiger partial charge is 0.481 e. The van der Waals surface area contributed by atoms with Gasteiger partial charge in [0.15, 0.2) is 0 Å². The average molecular weight is 1620 g/mol. The van der Waals surface area contributed by atoms with Gasteiger partial charge in [-0.3, -0.25) is 28.8 Å². The molecule has 0 aromatic heterocycles. The number of hydrogen-bond donors (Lipinski definition) is 6. The lowest BCUT2D eigenvalue weighted by Gasteiger charge is -2.03. The Morgan fingerprint density at radius 3 is 0.298 bits per heavy atom. The molecule has 6 N–H and O–H groups in total. The molecule has 12 heteroatoms. The molecule has 0 radical (unpaired) electrons. The van der Waals surface area contributed by atoms with E-state index < -0.39 is 35.8 Å². The average Bonchev–Trinajstić information content (AvgIpc) is 2.29. The topological polar surface area (TPSA) is 224 Å². The highest BCUT2D eigenvalue weighted by molar-refractivity contribution is 5.68. The van der Waals surface area contributed by atoms with Crippen LogP contribution in [0.3, 0.4) is 0 Å². The SMILES string of the molecule is CCCCCCCC/C=C\CCCCCCCC(=O)O.CCCCCCCC/C=C\CCCCCCCC(=O)O.CCCCCCCCCCCCCCCC(=O)O.CCCCCCCCCCCCCCCC(=O)O.CCCCCCCCCCCCCCCC(=O)O.CCCCCCCCCCCCCCCCCC(=O)O.